The van der Waals surface area contributed by atoms with Gasteiger partial charge in [0.1, 0.15) is 0 Å². The molecule has 1 aliphatic carbocycles. The highest BCUT2D eigenvalue weighted by Gasteiger charge is 2.34. The summed E-state index contributed by atoms with van der Waals surface area (Å²) >= 11 is 1.94. The maximum absolute atomic E-state index is 12.1. The highest BCUT2D eigenvalue weighted by atomic mass is 32.2. The van der Waals surface area contributed by atoms with Gasteiger partial charge in [-0.15, -0.1) is 0 Å². The Morgan fingerprint density at radius 3 is 2.59 bits per heavy atom. The second-order valence-electron chi connectivity index (χ2n) is 5.34. The fraction of sp³-hybridized carbons (Fsp3) is 0.923. The summed E-state index contributed by atoms with van der Waals surface area (Å²) in [7, 11) is 0. The molecule has 3 nitrogen and oxygen atoms in total. The lowest BCUT2D eigenvalue weighted by atomic mass is 9.97. The van der Waals surface area contributed by atoms with Crippen molar-refractivity contribution in [1.29, 1.82) is 0 Å². The number of piperidine rings is 1. The van der Waals surface area contributed by atoms with E-state index in [1.807, 2.05) is 11.8 Å². The fourth-order valence-corrected chi connectivity index (χ4v) is 3.86. The molecule has 4 heteroatoms. The Morgan fingerprint density at radius 2 is 2.00 bits per heavy atom. The predicted molar refractivity (Wildman–Crippen MR) is 73.3 cm³/mol. The van der Waals surface area contributed by atoms with Crippen LogP contribution in [0.4, 0.5) is 0 Å². The lowest BCUT2D eigenvalue weighted by molar-refractivity contribution is -0.125. The number of thioether (sulfide) groups is 1. The molecular formula is C13H24N2OS. The van der Waals surface area contributed by atoms with Crippen molar-refractivity contribution >= 4 is 17.7 Å². The zero-order valence-electron chi connectivity index (χ0n) is 10.8. The third-order valence-electron chi connectivity index (χ3n) is 4.24. The average molecular weight is 256 g/mol. The maximum Gasteiger partial charge on any atom is 0.223 e. The quantitative estimate of drug-likeness (QED) is 0.805. The summed E-state index contributed by atoms with van der Waals surface area (Å²) in [4.78, 5) is 12.1. The minimum atomic E-state index is 0.247. The van der Waals surface area contributed by atoms with Crippen molar-refractivity contribution in [2.24, 2.45) is 5.92 Å². The Labute approximate surface area is 108 Å². The van der Waals surface area contributed by atoms with Crippen molar-refractivity contribution in [3.05, 3.63) is 0 Å². The van der Waals surface area contributed by atoms with E-state index in [9.17, 15) is 4.79 Å². The SMILES string of the molecule is CSC1(CNC(=O)C2CCNCC2)CCCC1. The molecule has 2 aliphatic rings. The zero-order chi connectivity index (χ0) is 12.1. The third kappa shape index (κ3) is 3.38. The first kappa shape index (κ1) is 13.2. The molecule has 1 aliphatic heterocycles. The monoisotopic (exact) mass is 256 g/mol. The van der Waals surface area contributed by atoms with Crippen LogP contribution in [0, 0.1) is 5.92 Å². The molecule has 0 unspecified atom stereocenters. The normalized spacial score (nSPS) is 24.8. The third-order valence-corrected chi connectivity index (χ3v) is 5.66. The first-order valence-corrected chi connectivity index (χ1v) is 8.02. The van der Waals surface area contributed by atoms with Gasteiger partial charge in [0.2, 0.25) is 5.91 Å². The summed E-state index contributed by atoms with van der Waals surface area (Å²) in [6.45, 7) is 2.86. The Balaban J connectivity index is 1.78. The average Bonchev–Trinajstić information content (AvgIpc) is 2.86. The first-order chi connectivity index (χ1) is 8.26. The van der Waals surface area contributed by atoms with Crippen molar-refractivity contribution in [1.82, 2.24) is 10.6 Å². The van der Waals surface area contributed by atoms with Crippen LogP contribution in [0.5, 0.6) is 0 Å². The summed E-state index contributed by atoms with van der Waals surface area (Å²) in [5.41, 5.74) is 0. The highest BCUT2D eigenvalue weighted by Crippen LogP contribution is 2.39. The zero-order valence-corrected chi connectivity index (χ0v) is 11.6. The minimum Gasteiger partial charge on any atom is -0.354 e. The van der Waals surface area contributed by atoms with E-state index < -0.39 is 0 Å². The van der Waals surface area contributed by atoms with Gasteiger partial charge in [0.25, 0.3) is 0 Å². The molecule has 2 N–H and O–H groups in total. The summed E-state index contributed by atoms with van der Waals surface area (Å²) in [5, 5.41) is 6.50. The number of amides is 1. The van der Waals surface area contributed by atoms with E-state index >= 15 is 0 Å². The summed E-state index contributed by atoms with van der Waals surface area (Å²) < 4.78 is 0.336. The molecule has 0 spiro atoms. The molecule has 0 atom stereocenters. The molecule has 0 bridgehead atoms. The van der Waals surface area contributed by atoms with Gasteiger partial charge in [-0.25, -0.2) is 0 Å². The molecule has 17 heavy (non-hydrogen) atoms. The van der Waals surface area contributed by atoms with Crippen molar-refractivity contribution in [3.63, 3.8) is 0 Å². The number of hydrogen-bond acceptors (Lipinski definition) is 3. The molecular weight excluding hydrogens is 232 g/mol. The second-order valence-corrected chi connectivity index (χ2v) is 6.61. The standard InChI is InChI=1S/C13H24N2OS/c1-17-13(6-2-3-7-13)10-15-12(16)11-4-8-14-9-5-11/h11,14H,2-10H2,1H3,(H,15,16). The van der Waals surface area contributed by atoms with E-state index in [1.165, 1.54) is 25.7 Å². The van der Waals surface area contributed by atoms with E-state index in [0.717, 1.165) is 32.5 Å². The number of carbonyl (C=O) groups excluding carboxylic acids is 1. The van der Waals surface area contributed by atoms with Crippen LogP contribution in [0.15, 0.2) is 0 Å². The minimum absolute atomic E-state index is 0.247. The van der Waals surface area contributed by atoms with E-state index in [1.54, 1.807) is 0 Å². The molecule has 2 rings (SSSR count). The van der Waals surface area contributed by atoms with Crippen LogP contribution < -0.4 is 10.6 Å². The van der Waals surface area contributed by atoms with E-state index in [0.29, 0.717) is 4.75 Å². The smallest absolute Gasteiger partial charge is 0.223 e. The van der Waals surface area contributed by atoms with Crippen LogP contribution in [0.1, 0.15) is 38.5 Å². The summed E-state index contributed by atoms with van der Waals surface area (Å²) in [6.07, 6.45) is 9.35. The molecule has 1 heterocycles. The second kappa shape index (κ2) is 6.10. The molecule has 0 aromatic rings. The van der Waals surface area contributed by atoms with Gasteiger partial charge in [0, 0.05) is 17.2 Å². The van der Waals surface area contributed by atoms with Gasteiger partial charge in [-0.1, -0.05) is 12.8 Å². The van der Waals surface area contributed by atoms with Gasteiger partial charge in [-0.2, -0.15) is 11.8 Å². The first-order valence-electron chi connectivity index (χ1n) is 6.79. The van der Waals surface area contributed by atoms with Gasteiger partial charge in [0.15, 0.2) is 0 Å². The van der Waals surface area contributed by atoms with Crippen LogP contribution in [-0.4, -0.2) is 36.5 Å². The van der Waals surface area contributed by atoms with Crippen molar-refractivity contribution in [2.45, 2.75) is 43.3 Å². The van der Waals surface area contributed by atoms with E-state index in [2.05, 4.69) is 16.9 Å². The van der Waals surface area contributed by atoms with Crippen molar-refractivity contribution in [2.75, 3.05) is 25.9 Å². The Kier molecular flexibility index (Phi) is 4.74. The van der Waals surface area contributed by atoms with Crippen LogP contribution in [0.25, 0.3) is 0 Å². The molecule has 1 saturated heterocycles. The number of hydrogen-bond donors (Lipinski definition) is 2. The van der Waals surface area contributed by atoms with E-state index in [4.69, 9.17) is 0 Å². The Hall–Kier alpha value is -0.220. The molecule has 1 saturated carbocycles. The van der Waals surface area contributed by atoms with Crippen molar-refractivity contribution < 1.29 is 4.79 Å². The van der Waals surface area contributed by atoms with Gasteiger partial charge in [-0.05, 0) is 45.0 Å². The Bertz CT molecular complexity index is 258. The molecule has 1 amide bonds. The van der Waals surface area contributed by atoms with Gasteiger partial charge >= 0.3 is 0 Å². The fourth-order valence-electron chi connectivity index (χ4n) is 2.95. The topological polar surface area (TPSA) is 41.1 Å². The van der Waals surface area contributed by atoms with Crippen LogP contribution in [0.2, 0.25) is 0 Å². The lowest BCUT2D eigenvalue weighted by Crippen LogP contribution is -2.43. The molecule has 98 valence electrons. The highest BCUT2D eigenvalue weighted by molar-refractivity contribution is 8.00. The Morgan fingerprint density at radius 1 is 1.35 bits per heavy atom. The van der Waals surface area contributed by atoms with Gasteiger partial charge < -0.3 is 10.6 Å². The van der Waals surface area contributed by atoms with Gasteiger partial charge in [-0.3, -0.25) is 4.79 Å². The number of rotatable bonds is 4. The maximum atomic E-state index is 12.1. The van der Waals surface area contributed by atoms with Crippen LogP contribution in [0.3, 0.4) is 0 Å². The van der Waals surface area contributed by atoms with Crippen molar-refractivity contribution in [3.8, 4) is 0 Å². The molecule has 0 aromatic carbocycles. The lowest BCUT2D eigenvalue weighted by Gasteiger charge is -2.29. The molecule has 2 fully saturated rings. The predicted octanol–water partition coefficient (Wildman–Crippen LogP) is 1.78. The summed E-state index contributed by atoms with van der Waals surface area (Å²) in [6, 6.07) is 0. The molecule has 0 radical (unpaired) electrons. The molecule has 0 aromatic heterocycles. The van der Waals surface area contributed by atoms with Crippen LogP contribution in [-0.2, 0) is 4.79 Å². The summed E-state index contributed by atoms with van der Waals surface area (Å²) in [5.74, 6) is 0.531. The van der Waals surface area contributed by atoms with E-state index in [-0.39, 0.29) is 11.8 Å². The number of carbonyl (C=O) groups is 1. The van der Waals surface area contributed by atoms with Gasteiger partial charge in [0.05, 0.1) is 0 Å². The largest absolute Gasteiger partial charge is 0.354 e. The van der Waals surface area contributed by atoms with Crippen LogP contribution >= 0.6 is 11.8 Å². The number of nitrogens with one attached hydrogen (secondary N) is 2.